The molecule has 1 heterocycles. The number of hydrogen-bond acceptors (Lipinski definition) is 3. The number of aryl methyl sites for hydroxylation is 1. The van der Waals surface area contributed by atoms with Crippen LogP contribution in [-0.2, 0) is 11.2 Å². The predicted octanol–water partition coefficient (Wildman–Crippen LogP) is 3.48. The van der Waals surface area contributed by atoms with Crippen LogP contribution in [0.5, 0.6) is 5.75 Å². The Bertz CT molecular complexity index is 699. The third kappa shape index (κ3) is 3.16. The number of carbonyl (C=O) groups excluding carboxylic acids is 1. The number of ether oxygens (including phenoxy) is 1. The fourth-order valence-electron chi connectivity index (χ4n) is 3.09. The van der Waals surface area contributed by atoms with E-state index in [-0.39, 0.29) is 11.9 Å². The van der Waals surface area contributed by atoms with E-state index in [9.17, 15) is 4.79 Å². The van der Waals surface area contributed by atoms with Crippen molar-refractivity contribution >= 4 is 17.3 Å². The fourth-order valence-corrected chi connectivity index (χ4v) is 3.09. The van der Waals surface area contributed by atoms with Gasteiger partial charge in [0, 0.05) is 12.2 Å². The second kappa shape index (κ2) is 6.73. The van der Waals surface area contributed by atoms with Crippen LogP contribution in [0.4, 0.5) is 11.4 Å². The van der Waals surface area contributed by atoms with Gasteiger partial charge in [-0.15, -0.1) is 0 Å². The number of rotatable bonds is 4. The standard InChI is InChI=1S/C19H22N2O2/c1-14(19(22)20-16-10-4-6-12-18(16)23-2)21-13-7-9-15-8-3-5-11-17(15)21/h3-6,8,10-12,14H,7,9,13H2,1-2H3,(H,20,22). The van der Waals surface area contributed by atoms with E-state index in [4.69, 9.17) is 4.74 Å². The summed E-state index contributed by atoms with van der Waals surface area (Å²) in [7, 11) is 1.61. The molecule has 1 aliphatic rings. The van der Waals surface area contributed by atoms with Crippen LogP contribution < -0.4 is 15.0 Å². The molecule has 1 atom stereocenters. The number of methoxy groups -OCH3 is 1. The molecule has 1 aliphatic heterocycles. The molecule has 0 aromatic heterocycles. The molecule has 2 aromatic rings. The minimum atomic E-state index is -0.235. The van der Waals surface area contributed by atoms with Gasteiger partial charge in [0.15, 0.2) is 0 Å². The highest BCUT2D eigenvalue weighted by atomic mass is 16.5. The summed E-state index contributed by atoms with van der Waals surface area (Å²) in [6, 6.07) is 15.6. The van der Waals surface area contributed by atoms with Crippen LogP contribution in [0.15, 0.2) is 48.5 Å². The van der Waals surface area contributed by atoms with Crippen LogP contribution in [0.2, 0.25) is 0 Å². The maximum Gasteiger partial charge on any atom is 0.246 e. The second-order valence-electron chi connectivity index (χ2n) is 5.79. The van der Waals surface area contributed by atoms with E-state index in [0.717, 1.165) is 19.4 Å². The van der Waals surface area contributed by atoms with Gasteiger partial charge in [-0.1, -0.05) is 30.3 Å². The van der Waals surface area contributed by atoms with Crippen molar-refractivity contribution in [2.24, 2.45) is 0 Å². The average Bonchev–Trinajstić information content (AvgIpc) is 2.61. The fraction of sp³-hybridized carbons (Fsp3) is 0.316. The lowest BCUT2D eigenvalue weighted by molar-refractivity contribution is -0.117. The largest absolute Gasteiger partial charge is 0.495 e. The van der Waals surface area contributed by atoms with Crippen molar-refractivity contribution in [3.63, 3.8) is 0 Å². The number of nitrogens with one attached hydrogen (secondary N) is 1. The number of nitrogens with zero attached hydrogens (tertiary/aromatic N) is 1. The summed E-state index contributed by atoms with van der Waals surface area (Å²) in [6.45, 7) is 2.85. The van der Waals surface area contributed by atoms with Crippen molar-refractivity contribution in [2.75, 3.05) is 23.9 Å². The van der Waals surface area contributed by atoms with Crippen LogP contribution in [0.1, 0.15) is 18.9 Å². The summed E-state index contributed by atoms with van der Waals surface area (Å²) in [5.74, 6) is 0.651. The van der Waals surface area contributed by atoms with Gasteiger partial charge in [0.1, 0.15) is 11.8 Å². The molecule has 4 nitrogen and oxygen atoms in total. The Morgan fingerprint density at radius 1 is 1.17 bits per heavy atom. The number of carbonyl (C=O) groups is 1. The quantitative estimate of drug-likeness (QED) is 0.940. The van der Waals surface area contributed by atoms with Crippen molar-refractivity contribution in [3.8, 4) is 5.75 Å². The Balaban J connectivity index is 1.78. The van der Waals surface area contributed by atoms with Crippen molar-refractivity contribution in [3.05, 3.63) is 54.1 Å². The third-order valence-corrected chi connectivity index (χ3v) is 4.36. The van der Waals surface area contributed by atoms with Crippen molar-refractivity contribution < 1.29 is 9.53 Å². The van der Waals surface area contributed by atoms with E-state index in [2.05, 4.69) is 28.4 Å². The molecule has 120 valence electrons. The summed E-state index contributed by atoms with van der Waals surface area (Å²) >= 11 is 0. The predicted molar refractivity (Wildman–Crippen MR) is 93.2 cm³/mol. The van der Waals surface area contributed by atoms with Gasteiger partial charge in [0.05, 0.1) is 12.8 Å². The molecule has 1 amide bonds. The molecular weight excluding hydrogens is 288 g/mol. The van der Waals surface area contributed by atoms with Gasteiger partial charge < -0.3 is 15.0 Å². The minimum absolute atomic E-state index is 0.0220. The Morgan fingerprint density at radius 2 is 1.91 bits per heavy atom. The maximum atomic E-state index is 12.7. The van der Waals surface area contributed by atoms with Gasteiger partial charge in [-0.3, -0.25) is 4.79 Å². The highest BCUT2D eigenvalue weighted by Gasteiger charge is 2.26. The lowest BCUT2D eigenvalue weighted by Gasteiger charge is -2.35. The molecule has 0 saturated heterocycles. The number of amides is 1. The maximum absolute atomic E-state index is 12.7. The number of anilines is 2. The molecule has 0 aliphatic carbocycles. The molecule has 0 spiro atoms. The van der Waals surface area contributed by atoms with Gasteiger partial charge >= 0.3 is 0 Å². The van der Waals surface area contributed by atoms with E-state index in [1.807, 2.05) is 37.3 Å². The Kier molecular flexibility index (Phi) is 4.51. The molecule has 0 fully saturated rings. The number of hydrogen-bond donors (Lipinski definition) is 1. The molecule has 0 saturated carbocycles. The Hall–Kier alpha value is -2.49. The highest BCUT2D eigenvalue weighted by Crippen LogP contribution is 2.29. The first-order valence-electron chi connectivity index (χ1n) is 7.99. The molecule has 0 radical (unpaired) electrons. The first-order chi connectivity index (χ1) is 11.2. The van der Waals surface area contributed by atoms with Gasteiger partial charge in [0.25, 0.3) is 0 Å². The van der Waals surface area contributed by atoms with E-state index < -0.39 is 0 Å². The lowest BCUT2D eigenvalue weighted by atomic mass is 10.00. The van der Waals surface area contributed by atoms with Gasteiger partial charge in [-0.05, 0) is 43.5 Å². The van der Waals surface area contributed by atoms with Gasteiger partial charge in [-0.25, -0.2) is 0 Å². The normalized spacial score (nSPS) is 14.8. The second-order valence-corrected chi connectivity index (χ2v) is 5.79. The molecule has 1 N–H and O–H groups in total. The van der Waals surface area contributed by atoms with E-state index in [1.54, 1.807) is 7.11 Å². The summed E-state index contributed by atoms with van der Waals surface area (Å²) in [4.78, 5) is 14.9. The van der Waals surface area contributed by atoms with Crippen LogP contribution >= 0.6 is 0 Å². The van der Waals surface area contributed by atoms with Crippen LogP contribution in [0.25, 0.3) is 0 Å². The van der Waals surface area contributed by atoms with E-state index in [0.29, 0.717) is 11.4 Å². The summed E-state index contributed by atoms with van der Waals surface area (Å²) in [5, 5.41) is 2.98. The molecule has 2 aromatic carbocycles. The van der Waals surface area contributed by atoms with Crippen LogP contribution in [-0.4, -0.2) is 25.6 Å². The van der Waals surface area contributed by atoms with Gasteiger partial charge in [0.2, 0.25) is 5.91 Å². The number of fused-ring (bicyclic) bond motifs is 1. The Labute approximate surface area is 137 Å². The first kappa shape index (κ1) is 15.4. The van der Waals surface area contributed by atoms with E-state index in [1.165, 1.54) is 11.3 Å². The number of para-hydroxylation sites is 3. The molecular formula is C19H22N2O2. The topological polar surface area (TPSA) is 41.6 Å². The zero-order valence-electron chi connectivity index (χ0n) is 13.6. The molecule has 1 unspecified atom stereocenters. The lowest BCUT2D eigenvalue weighted by Crippen LogP contribution is -2.44. The van der Waals surface area contributed by atoms with Crippen LogP contribution in [0, 0.1) is 0 Å². The molecule has 3 rings (SSSR count). The molecule has 23 heavy (non-hydrogen) atoms. The van der Waals surface area contributed by atoms with Crippen molar-refractivity contribution in [1.82, 2.24) is 0 Å². The number of benzene rings is 2. The first-order valence-corrected chi connectivity index (χ1v) is 7.99. The molecule has 4 heteroatoms. The summed E-state index contributed by atoms with van der Waals surface area (Å²) in [5.41, 5.74) is 3.19. The zero-order valence-corrected chi connectivity index (χ0v) is 13.6. The molecule has 0 bridgehead atoms. The van der Waals surface area contributed by atoms with Crippen LogP contribution in [0.3, 0.4) is 0 Å². The zero-order chi connectivity index (χ0) is 16.2. The smallest absolute Gasteiger partial charge is 0.246 e. The summed E-state index contributed by atoms with van der Waals surface area (Å²) < 4.78 is 5.30. The SMILES string of the molecule is COc1ccccc1NC(=O)C(C)N1CCCc2ccccc21. The third-order valence-electron chi connectivity index (χ3n) is 4.36. The average molecular weight is 310 g/mol. The monoisotopic (exact) mass is 310 g/mol. The van der Waals surface area contributed by atoms with E-state index >= 15 is 0 Å². The highest BCUT2D eigenvalue weighted by molar-refractivity contribution is 5.97. The minimum Gasteiger partial charge on any atom is -0.495 e. The van der Waals surface area contributed by atoms with Gasteiger partial charge in [-0.2, -0.15) is 0 Å². The Morgan fingerprint density at radius 3 is 2.74 bits per heavy atom. The van der Waals surface area contributed by atoms with Crippen molar-refractivity contribution in [1.29, 1.82) is 0 Å². The summed E-state index contributed by atoms with van der Waals surface area (Å²) in [6.07, 6.45) is 2.15. The van der Waals surface area contributed by atoms with Crippen molar-refractivity contribution in [2.45, 2.75) is 25.8 Å².